The minimum atomic E-state index is -4.46. The Morgan fingerprint density at radius 1 is 0.890 bits per heavy atom. The van der Waals surface area contributed by atoms with Gasteiger partial charge >= 0.3 is 11.9 Å². The number of benzene rings is 4. The molecule has 8 rings (SSSR count). The molecule has 4 aromatic carbocycles. The van der Waals surface area contributed by atoms with Crippen LogP contribution in [-0.4, -0.2) is 77.1 Å². The summed E-state index contributed by atoms with van der Waals surface area (Å²) >= 11 is 0.925. The molecule has 16 nitrogen and oxygen atoms in total. The van der Waals surface area contributed by atoms with Gasteiger partial charge in [-0.05, 0) is 115 Å². The number of aromatic hydroxyl groups is 1. The molecule has 3 aliphatic heterocycles. The molecule has 1 unspecified atom stereocenters. The summed E-state index contributed by atoms with van der Waals surface area (Å²) in [6, 6.07) is 19.1. The van der Waals surface area contributed by atoms with Crippen LogP contribution in [0.2, 0.25) is 0 Å². The number of carboxylic acids is 2. The molecule has 0 aromatic heterocycles. The molecule has 1 amide bonds. The second kappa shape index (κ2) is 21.3. The van der Waals surface area contributed by atoms with E-state index in [9.17, 15) is 42.7 Å². The van der Waals surface area contributed by atoms with E-state index in [0.717, 1.165) is 63.3 Å². The summed E-state index contributed by atoms with van der Waals surface area (Å²) in [6.45, 7) is 12.0. The Hall–Kier alpha value is -6.93. The number of phenols is 1. The number of rotatable bonds is 19. The summed E-state index contributed by atoms with van der Waals surface area (Å²) in [5, 5.41) is 45.6. The zero-order chi connectivity index (χ0) is 52.4. The molecule has 0 spiro atoms. The van der Waals surface area contributed by atoms with Gasteiger partial charge in [-0.3, -0.25) is 9.35 Å². The van der Waals surface area contributed by atoms with Crippen LogP contribution in [0.15, 0.2) is 148 Å². The van der Waals surface area contributed by atoms with Gasteiger partial charge in [-0.15, -0.1) is 4.33 Å². The number of amides is 1. The number of nitrogens with one attached hydrogen (secondary N) is 1. The lowest BCUT2D eigenvalue weighted by Gasteiger charge is -2.31. The highest BCUT2D eigenvalue weighted by molar-refractivity contribution is 7.94. The number of anilines is 2. The number of hydrogen-bond donors (Lipinski definition) is 6. The van der Waals surface area contributed by atoms with Crippen molar-refractivity contribution < 1.29 is 62.0 Å². The third-order valence-electron chi connectivity index (χ3n) is 14.0. The van der Waals surface area contributed by atoms with Crippen molar-refractivity contribution in [1.82, 2.24) is 5.32 Å². The smallest absolute Gasteiger partial charge is 0.336 e. The number of nitrogens with zero attached hydrogens (tertiary/aromatic N) is 2. The molecule has 4 aliphatic rings. The number of likely N-dealkylation sites (N-methyl/N-ethyl adjacent to an activating group) is 1. The van der Waals surface area contributed by atoms with Gasteiger partial charge in [0.15, 0.2) is 0 Å². The predicted molar refractivity (Wildman–Crippen MR) is 277 cm³/mol. The average Bonchev–Trinajstić information content (AvgIpc) is 3.70. The van der Waals surface area contributed by atoms with E-state index < -0.39 is 27.5 Å². The summed E-state index contributed by atoms with van der Waals surface area (Å²) in [5.41, 5.74) is 6.02. The molecule has 0 saturated carbocycles. The Labute approximate surface area is 428 Å². The van der Waals surface area contributed by atoms with Crippen LogP contribution in [-0.2, 0) is 35.1 Å². The zero-order valence-corrected chi connectivity index (χ0v) is 42.5. The van der Waals surface area contributed by atoms with Crippen LogP contribution in [0, 0.1) is 0 Å². The van der Waals surface area contributed by atoms with Crippen molar-refractivity contribution in [3.63, 3.8) is 0 Å². The fraction of sp³-hybridized carbons (Fsp3) is 0.291. The second-order valence-corrected chi connectivity index (χ2v) is 21.4. The maximum absolute atomic E-state index is 13.4. The standard InChI is InChI=1S/C55H57N3O13S2/c1-6-57-44-25-21-36(72-71-70-65)30-42(44)54(2,3)47(57)16-9-7-10-17-48-55(4,5)43-31-37(73(66,67)68)22-26-45(43)58(48)27-12-8-11-18-49(60)56-32-34-14-13-15-40-50(39-24-20-35(59)29-46(39)69-51(34)40)38-23-19-33(52(61)62)28-41(38)53(63)64/h7,9-10,13,15-17,19-26,28-31,47,59,65H,6,8,11-12,14,18,27,32H2,1-5H3,(H,56,60)(H,61,62)(H,63,64)(H,66,67,68)/b10-7+,16-9+,48-17+. The van der Waals surface area contributed by atoms with Crippen molar-refractivity contribution in [2.75, 3.05) is 29.4 Å². The molecule has 1 atom stereocenters. The summed E-state index contributed by atoms with van der Waals surface area (Å²) in [4.78, 5) is 42.7. The predicted octanol–water partition coefficient (Wildman–Crippen LogP) is 10.5. The van der Waals surface area contributed by atoms with Gasteiger partial charge in [0.1, 0.15) is 17.3 Å². The van der Waals surface area contributed by atoms with E-state index in [-0.39, 0.29) is 63.4 Å². The molecule has 0 radical (unpaired) electrons. The highest BCUT2D eigenvalue weighted by Gasteiger charge is 2.43. The third-order valence-corrected chi connectivity index (χ3v) is 15.4. The fourth-order valence-corrected chi connectivity index (χ4v) is 11.2. The van der Waals surface area contributed by atoms with Crippen LogP contribution in [0.1, 0.15) is 110 Å². The van der Waals surface area contributed by atoms with Gasteiger partial charge in [-0.25, -0.2) is 14.8 Å². The second-order valence-electron chi connectivity index (χ2n) is 19.2. The van der Waals surface area contributed by atoms with E-state index in [1.807, 2.05) is 68.5 Å². The highest BCUT2D eigenvalue weighted by Crippen LogP contribution is 2.50. The van der Waals surface area contributed by atoms with Crippen LogP contribution < -0.4 is 19.9 Å². The van der Waals surface area contributed by atoms with E-state index in [1.54, 1.807) is 12.1 Å². The molecule has 0 fully saturated rings. The molecule has 73 heavy (non-hydrogen) atoms. The first kappa shape index (κ1) is 52.4. The molecule has 3 heterocycles. The Bertz CT molecular complexity index is 3190. The van der Waals surface area contributed by atoms with Gasteiger partial charge in [0.25, 0.3) is 10.1 Å². The van der Waals surface area contributed by atoms with Crippen molar-refractivity contribution in [2.45, 2.75) is 93.4 Å². The Kier molecular flexibility index (Phi) is 15.3. The van der Waals surface area contributed by atoms with E-state index in [0.29, 0.717) is 54.7 Å². The molecule has 6 N–H and O–H groups in total. The van der Waals surface area contributed by atoms with Gasteiger partial charge in [0.05, 0.1) is 34.1 Å². The van der Waals surface area contributed by atoms with Crippen LogP contribution in [0.3, 0.4) is 0 Å². The lowest BCUT2D eigenvalue weighted by molar-refractivity contribution is -0.432. The number of carboxylic acid groups (broad SMARTS) is 2. The monoisotopic (exact) mass is 1030 g/mol. The zero-order valence-electron chi connectivity index (χ0n) is 40.9. The number of allylic oxidation sites excluding steroid dienone is 7. The van der Waals surface area contributed by atoms with E-state index in [1.165, 1.54) is 36.4 Å². The Morgan fingerprint density at radius 3 is 2.38 bits per heavy atom. The highest BCUT2D eigenvalue weighted by atomic mass is 32.2. The summed E-state index contributed by atoms with van der Waals surface area (Å²) in [6.07, 6.45) is 16.5. The largest absolute Gasteiger partial charge is 0.508 e. The maximum Gasteiger partial charge on any atom is 0.336 e. The molecule has 0 bridgehead atoms. The minimum Gasteiger partial charge on any atom is -0.508 e. The topological polar surface area (TPSA) is 233 Å². The quantitative estimate of drug-likeness (QED) is 0.0128. The lowest BCUT2D eigenvalue weighted by atomic mass is 9.80. The van der Waals surface area contributed by atoms with Crippen molar-refractivity contribution in [3.8, 4) is 11.5 Å². The van der Waals surface area contributed by atoms with Crippen molar-refractivity contribution in [3.05, 3.63) is 171 Å². The molecular weight excluding hydrogens is 975 g/mol. The molecule has 0 saturated heterocycles. The first-order chi connectivity index (χ1) is 34.8. The number of hydrogen-bond acceptors (Lipinski definition) is 13. The number of carbonyl (C=O) groups is 3. The molecule has 18 heteroatoms. The Balaban J connectivity index is 0.946. The van der Waals surface area contributed by atoms with E-state index in [2.05, 4.69) is 51.3 Å². The van der Waals surface area contributed by atoms with Gasteiger partial charge < -0.3 is 35.2 Å². The van der Waals surface area contributed by atoms with Gasteiger partial charge in [0, 0.05) is 81.6 Å². The first-order valence-corrected chi connectivity index (χ1v) is 26.0. The van der Waals surface area contributed by atoms with Crippen LogP contribution in [0.5, 0.6) is 11.5 Å². The molecular formula is C55H57N3O13S2. The van der Waals surface area contributed by atoms with Crippen LogP contribution in [0.4, 0.5) is 11.4 Å². The number of unbranched alkanes of at least 4 members (excludes halogenated alkanes) is 2. The number of aromatic carboxylic acids is 2. The maximum atomic E-state index is 13.4. The lowest BCUT2D eigenvalue weighted by Crippen LogP contribution is -2.39. The number of carbonyl (C=O) groups excluding carboxylic acids is 1. The Morgan fingerprint density at radius 2 is 1.66 bits per heavy atom. The van der Waals surface area contributed by atoms with E-state index >= 15 is 0 Å². The first-order valence-electron chi connectivity index (χ1n) is 23.8. The molecule has 382 valence electrons. The van der Waals surface area contributed by atoms with Gasteiger partial charge in [0.2, 0.25) is 5.91 Å². The molecule has 1 aliphatic carbocycles. The fourth-order valence-electron chi connectivity index (χ4n) is 10.3. The van der Waals surface area contributed by atoms with Crippen molar-refractivity contribution in [2.24, 2.45) is 0 Å². The number of ether oxygens (including phenoxy) is 1. The summed E-state index contributed by atoms with van der Waals surface area (Å²) < 4.78 is 45.5. The number of fused-ring (bicyclic) bond motifs is 4. The van der Waals surface area contributed by atoms with Gasteiger partial charge in [-0.1, -0.05) is 81.7 Å². The number of phenolic OH excluding ortho intramolecular Hbond substituents is 1. The van der Waals surface area contributed by atoms with Crippen LogP contribution >= 0.6 is 12.0 Å². The summed E-state index contributed by atoms with van der Waals surface area (Å²) in [5.74, 6) is -2.15. The van der Waals surface area contributed by atoms with Crippen LogP contribution in [0.25, 0.3) is 5.57 Å². The molecule has 4 aromatic rings. The van der Waals surface area contributed by atoms with Crippen molar-refractivity contribution in [1.29, 1.82) is 0 Å². The minimum absolute atomic E-state index is 0.0411. The van der Waals surface area contributed by atoms with Crippen molar-refractivity contribution >= 4 is 57.0 Å². The SMILES string of the molecule is CCN1c2ccc(SOOO)cc2C(C)(C)C1/C=C/C=C/C=C1/N(CCCCCC(=O)NCC2=C3Oc4cc(O)ccc4C(c4ccc(C(=O)O)cc4C(=O)O)=C3C=CC2)c2ccc(S(=O)(=O)O)cc2C1(C)C. The third kappa shape index (κ3) is 10.6. The van der Waals surface area contributed by atoms with Gasteiger partial charge in [-0.2, -0.15) is 8.42 Å². The van der Waals surface area contributed by atoms with E-state index in [4.69, 9.17) is 9.99 Å². The summed E-state index contributed by atoms with van der Waals surface area (Å²) in [7, 11) is -4.46. The average molecular weight is 1030 g/mol. The normalized spacial score (nSPS) is 18.1.